The first-order valence-electron chi connectivity index (χ1n) is 6.66. The zero-order chi connectivity index (χ0) is 14.8. The number of benzene rings is 2. The van der Waals surface area contributed by atoms with Gasteiger partial charge in [0.2, 0.25) is 0 Å². The van der Waals surface area contributed by atoms with Crippen LogP contribution in [0, 0.1) is 17.0 Å². The van der Waals surface area contributed by atoms with Crippen molar-refractivity contribution in [1.82, 2.24) is 0 Å². The molecule has 5 heteroatoms. The highest BCUT2D eigenvalue weighted by Gasteiger charge is 2.44. The van der Waals surface area contributed by atoms with Gasteiger partial charge in [-0.25, -0.2) is 0 Å². The molecule has 2 aromatic rings. The Morgan fingerprint density at radius 2 is 1.90 bits per heavy atom. The van der Waals surface area contributed by atoms with Crippen molar-refractivity contribution in [3.05, 3.63) is 81.4 Å². The third-order valence-electron chi connectivity index (χ3n) is 3.52. The first-order chi connectivity index (χ1) is 10.2. The molecule has 5 nitrogen and oxygen atoms in total. The molecule has 2 aromatic carbocycles. The van der Waals surface area contributed by atoms with Gasteiger partial charge in [0.15, 0.2) is 0 Å². The second-order valence-corrected chi connectivity index (χ2v) is 5.02. The number of hydrogen-bond donors (Lipinski definition) is 0. The Hall–Kier alpha value is -2.69. The Kier molecular flexibility index (Phi) is 3.39. The molecule has 2 atom stereocenters. The molecule has 1 aliphatic rings. The van der Waals surface area contributed by atoms with Gasteiger partial charge in [-0.1, -0.05) is 65.3 Å². The van der Waals surface area contributed by atoms with Crippen LogP contribution >= 0.6 is 0 Å². The van der Waals surface area contributed by atoms with Crippen LogP contribution in [0.4, 0.5) is 0 Å². The SMILES string of the molecule is Cc1cccc(C2C(c3ccccc3)=NOC2[N+](=O)[O-])c1. The van der Waals surface area contributed by atoms with Crippen molar-refractivity contribution in [1.29, 1.82) is 0 Å². The van der Waals surface area contributed by atoms with Gasteiger partial charge >= 0.3 is 6.23 Å². The lowest BCUT2D eigenvalue weighted by molar-refractivity contribution is -0.574. The molecule has 0 aliphatic carbocycles. The highest BCUT2D eigenvalue weighted by Crippen LogP contribution is 2.33. The summed E-state index contributed by atoms with van der Waals surface area (Å²) in [5.74, 6) is -0.498. The summed E-state index contributed by atoms with van der Waals surface area (Å²) in [5.41, 5.74) is 3.34. The molecule has 21 heavy (non-hydrogen) atoms. The zero-order valence-electron chi connectivity index (χ0n) is 11.5. The Morgan fingerprint density at radius 3 is 2.57 bits per heavy atom. The van der Waals surface area contributed by atoms with Gasteiger partial charge in [0.1, 0.15) is 11.6 Å². The number of nitrogens with zero attached hydrogens (tertiary/aromatic N) is 2. The molecule has 0 saturated heterocycles. The fourth-order valence-corrected chi connectivity index (χ4v) is 2.55. The lowest BCUT2D eigenvalue weighted by Gasteiger charge is -2.14. The summed E-state index contributed by atoms with van der Waals surface area (Å²) < 4.78 is 0. The normalized spacial score (nSPS) is 20.7. The third kappa shape index (κ3) is 2.50. The monoisotopic (exact) mass is 282 g/mol. The first kappa shape index (κ1) is 13.3. The average molecular weight is 282 g/mol. The minimum Gasteiger partial charge on any atom is -0.320 e. The van der Waals surface area contributed by atoms with Crippen molar-refractivity contribution < 1.29 is 9.76 Å². The maximum atomic E-state index is 11.3. The van der Waals surface area contributed by atoms with Crippen LogP contribution in [0.2, 0.25) is 0 Å². The largest absolute Gasteiger partial charge is 0.387 e. The van der Waals surface area contributed by atoms with Crippen LogP contribution in [0.25, 0.3) is 0 Å². The van der Waals surface area contributed by atoms with Gasteiger partial charge in [0.05, 0.1) is 4.92 Å². The third-order valence-corrected chi connectivity index (χ3v) is 3.52. The lowest BCUT2D eigenvalue weighted by Crippen LogP contribution is -2.29. The summed E-state index contributed by atoms with van der Waals surface area (Å²) in [6, 6.07) is 17.1. The number of aryl methyl sites for hydroxylation is 1. The number of rotatable bonds is 3. The second kappa shape index (κ2) is 5.36. The van der Waals surface area contributed by atoms with E-state index in [1.165, 1.54) is 0 Å². The van der Waals surface area contributed by atoms with Crippen LogP contribution in [0.5, 0.6) is 0 Å². The van der Waals surface area contributed by atoms with Crippen molar-refractivity contribution in [2.45, 2.75) is 19.1 Å². The quantitative estimate of drug-likeness (QED) is 0.641. The topological polar surface area (TPSA) is 64.7 Å². The predicted molar refractivity (Wildman–Crippen MR) is 78.8 cm³/mol. The highest BCUT2D eigenvalue weighted by atomic mass is 16.7. The number of nitro groups is 1. The lowest BCUT2D eigenvalue weighted by atomic mass is 9.88. The van der Waals surface area contributed by atoms with Crippen LogP contribution < -0.4 is 0 Å². The molecule has 0 N–H and O–H groups in total. The van der Waals surface area contributed by atoms with E-state index in [1.54, 1.807) is 0 Å². The van der Waals surface area contributed by atoms with Crippen LogP contribution in [0.15, 0.2) is 59.8 Å². The molecule has 2 unspecified atom stereocenters. The standard InChI is InChI=1S/C16H14N2O3/c1-11-6-5-9-13(10-11)14-15(12-7-3-2-4-8-12)17-21-16(14)18(19)20/h2-10,14,16H,1H3. The van der Waals surface area contributed by atoms with E-state index in [0.29, 0.717) is 5.71 Å². The van der Waals surface area contributed by atoms with E-state index in [-0.39, 0.29) is 0 Å². The van der Waals surface area contributed by atoms with Crippen molar-refractivity contribution in [2.24, 2.45) is 5.16 Å². The summed E-state index contributed by atoms with van der Waals surface area (Å²) in [6.07, 6.45) is -1.18. The van der Waals surface area contributed by atoms with Gasteiger partial charge in [0, 0.05) is 5.56 Å². The Bertz CT molecular complexity index is 698. The molecule has 1 aliphatic heterocycles. The number of oxime groups is 1. The van der Waals surface area contributed by atoms with E-state index in [9.17, 15) is 10.1 Å². The van der Waals surface area contributed by atoms with Crippen LogP contribution in [0.3, 0.4) is 0 Å². The van der Waals surface area contributed by atoms with Crippen molar-refractivity contribution in [2.75, 3.05) is 0 Å². The van der Waals surface area contributed by atoms with E-state index < -0.39 is 17.1 Å². The van der Waals surface area contributed by atoms with Gasteiger partial charge in [0.25, 0.3) is 0 Å². The molecule has 0 spiro atoms. The molecule has 1 heterocycles. The van der Waals surface area contributed by atoms with E-state index in [1.807, 2.05) is 61.5 Å². The van der Waals surface area contributed by atoms with Crippen molar-refractivity contribution in [3.8, 4) is 0 Å². The van der Waals surface area contributed by atoms with Crippen molar-refractivity contribution >= 4 is 5.71 Å². The number of hydrogen-bond acceptors (Lipinski definition) is 4. The summed E-state index contributed by atoms with van der Waals surface area (Å²) in [7, 11) is 0. The van der Waals surface area contributed by atoms with E-state index in [4.69, 9.17) is 4.84 Å². The van der Waals surface area contributed by atoms with Gasteiger partial charge in [-0.2, -0.15) is 0 Å². The smallest absolute Gasteiger partial charge is 0.320 e. The van der Waals surface area contributed by atoms with Crippen LogP contribution in [-0.4, -0.2) is 16.9 Å². The van der Waals surface area contributed by atoms with Gasteiger partial charge < -0.3 is 4.84 Å². The predicted octanol–water partition coefficient (Wildman–Crippen LogP) is 3.12. The first-order valence-corrected chi connectivity index (χ1v) is 6.66. The van der Waals surface area contributed by atoms with Crippen LogP contribution in [0.1, 0.15) is 22.6 Å². The fourth-order valence-electron chi connectivity index (χ4n) is 2.55. The summed E-state index contributed by atoms with van der Waals surface area (Å²) in [6.45, 7) is 1.96. The van der Waals surface area contributed by atoms with Crippen LogP contribution in [-0.2, 0) is 4.84 Å². The fraction of sp³-hybridized carbons (Fsp3) is 0.188. The molecule has 0 aromatic heterocycles. The summed E-state index contributed by atoms with van der Waals surface area (Å²) in [4.78, 5) is 15.9. The highest BCUT2D eigenvalue weighted by molar-refractivity contribution is 6.05. The van der Waals surface area contributed by atoms with E-state index in [2.05, 4.69) is 5.16 Å². The Balaban J connectivity index is 2.06. The molecule has 0 radical (unpaired) electrons. The summed E-state index contributed by atoms with van der Waals surface area (Å²) in [5, 5.41) is 15.2. The average Bonchev–Trinajstić information content (AvgIpc) is 2.93. The molecule has 0 amide bonds. The summed E-state index contributed by atoms with van der Waals surface area (Å²) >= 11 is 0. The molecule has 0 saturated carbocycles. The molecular formula is C16H14N2O3. The zero-order valence-corrected chi connectivity index (χ0v) is 11.5. The van der Waals surface area contributed by atoms with Gasteiger partial charge in [-0.15, -0.1) is 0 Å². The molecular weight excluding hydrogens is 268 g/mol. The minimum atomic E-state index is -1.18. The molecule has 106 valence electrons. The molecule has 3 rings (SSSR count). The maximum Gasteiger partial charge on any atom is 0.387 e. The maximum absolute atomic E-state index is 11.3. The van der Waals surface area contributed by atoms with Crippen molar-refractivity contribution in [3.63, 3.8) is 0 Å². The Labute approximate surface area is 122 Å². The van der Waals surface area contributed by atoms with Gasteiger partial charge in [-0.3, -0.25) is 10.1 Å². The van der Waals surface area contributed by atoms with E-state index >= 15 is 0 Å². The Morgan fingerprint density at radius 1 is 1.14 bits per heavy atom. The van der Waals surface area contributed by atoms with Gasteiger partial charge in [-0.05, 0) is 12.5 Å². The second-order valence-electron chi connectivity index (χ2n) is 5.02. The minimum absolute atomic E-state index is 0.424. The molecule has 0 bridgehead atoms. The van der Waals surface area contributed by atoms with E-state index in [0.717, 1.165) is 16.7 Å². The molecule has 0 fully saturated rings.